The maximum atomic E-state index is 10.9. The minimum atomic E-state index is -0.822. The summed E-state index contributed by atoms with van der Waals surface area (Å²) in [5.41, 5.74) is 0. The summed E-state index contributed by atoms with van der Waals surface area (Å²) < 4.78 is 4.67. The van der Waals surface area contributed by atoms with E-state index in [0.29, 0.717) is 13.0 Å². The first-order valence-corrected chi connectivity index (χ1v) is 4.79. The van der Waals surface area contributed by atoms with E-state index in [4.69, 9.17) is 5.11 Å². The lowest BCUT2D eigenvalue weighted by atomic mass is 10.0. The SMILES string of the molecule is C=CCOC(=O)NCCC(C)CC(=O)O. The fourth-order valence-corrected chi connectivity index (χ4v) is 1.01. The van der Waals surface area contributed by atoms with Gasteiger partial charge in [-0.25, -0.2) is 4.79 Å². The molecule has 0 aliphatic carbocycles. The Labute approximate surface area is 89.1 Å². The van der Waals surface area contributed by atoms with Crippen molar-refractivity contribution in [1.29, 1.82) is 0 Å². The van der Waals surface area contributed by atoms with Crippen LogP contribution in [0.5, 0.6) is 0 Å². The molecule has 5 nitrogen and oxygen atoms in total. The van der Waals surface area contributed by atoms with E-state index in [1.54, 1.807) is 0 Å². The highest BCUT2D eigenvalue weighted by Gasteiger charge is 2.08. The number of carbonyl (C=O) groups is 2. The van der Waals surface area contributed by atoms with Crippen molar-refractivity contribution in [2.45, 2.75) is 19.8 Å². The third kappa shape index (κ3) is 8.80. The third-order valence-electron chi connectivity index (χ3n) is 1.76. The Morgan fingerprint density at radius 3 is 2.80 bits per heavy atom. The summed E-state index contributed by atoms with van der Waals surface area (Å²) in [7, 11) is 0. The van der Waals surface area contributed by atoms with E-state index < -0.39 is 12.1 Å². The number of amides is 1. The average Bonchev–Trinajstić information content (AvgIpc) is 2.13. The predicted octanol–water partition coefficient (Wildman–Crippen LogP) is 1.40. The Bertz CT molecular complexity index is 227. The zero-order valence-corrected chi connectivity index (χ0v) is 8.86. The van der Waals surface area contributed by atoms with Gasteiger partial charge < -0.3 is 15.2 Å². The van der Waals surface area contributed by atoms with Crippen molar-refractivity contribution in [2.75, 3.05) is 13.2 Å². The van der Waals surface area contributed by atoms with Crippen molar-refractivity contribution in [2.24, 2.45) is 5.92 Å². The summed E-state index contributed by atoms with van der Waals surface area (Å²) in [6, 6.07) is 0. The molecule has 5 heteroatoms. The predicted molar refractivity (Wildman–Crippen MR) is 55.6 cm³/mol. The molecule has 2 N–H and O–H groups in total. The van der Waals surface area contributed by atoms with Gasteiger partial charge in [-0.1, -0.05) is 19.6 Å². The quantitative estimate of drug-likeness (QED) is 0.629. The number of rotatable bonds is 7. The summed E-state index contributed by atoms with van der Waals surface area (Å²) in [5, 5.41) is 11.0. The Morgan fingerprint density at radius 1 is 1.60 bits per heavy atom. The van der Waals surface area contributed by atoms with Crippen molar-refractivity contribution >= 4 is 12.1 Å². The van der Waals surface area contributed by atoms with Crippen LogP contribution in [0.15, 0.2) is 12.7 Å². The molecule has 0 aromatic carbocycles. The summed E-state index contributed by atoms with van der Waals surface area (Å²) in [5.74, 6) is -0.779. The van der Waals surface area contributed by atoms with Crippen LogP contribution in [0.1, 0.15) is 19.8 Å². The van der Waals surface area contributed by atoms with Crippen LogP contribution in [-0.2, 0) is 9.53 Å². The van der Waals surface area contributed by atoms with Gasteiger partial charge in [0.1, 0.15) is 6.61 Å². The highest BCUT2D eigenvalue weighted by Crippen LogP contribution is 2.05. The molecular formula is C10H17NO4. The number of aliphatic carboxylic acids is 1. The van der Waals surface area contributed by atoms with Crippen molar-refractivity contribution < 1.29 is 19.4 Å². The van der Waals surface area contributed by atoms with Gasteiger partial charge in [-0.05, 0) is 12.3 Å². The number of carboxylic acid groups (broad SMARTS) is 1. The second kappa shape index (κ2) is 7.84. The summed E-state index contributed by atoms with van der Waals surface area (Å²) in [4.78, 5) is 21.2. The molecule has 0 spiro atoms. The number of carbonyl (C=O) groups excluding carboxylic acids is 1. The van der Waals surface area contributed by atoms with Crippen LogP contribution in [0.4, 0.5) is 4.79 Å². The lowest BCUT2D eigenvalue weighted by Gasteiger charge is -2.09. The van der Waals surface area contributed by atoms with Crippen LogP contribution in [0.2, 0.25) is 0 Å². The van der Waals surface area contributed by atoms with Gasteiger partial charge in [0.25, 0.3) is 0 Å². The normalized spacial score (nSPS) is 11.5. The number of hydrogen-bond acceptors (Lipinski definition) is 3. The highest BCUT2D eigenvalue weighted by molar-refractivity contribution is 5.67. The molecule has 0 rings (SSSR count). The van der Waals surface area contributed by atoms with E-state index >= 15 is 0 Å². The average molecular weight is 215 g/mol. The Balaban J connectivity index is 3.47. The first-order chi connectivity index (χ1) is 7.06. The van der Waals surface area contributed by atoms with E-state index in [0.717, 1.165) is 0 Å². The summed E-state index contributed by atoms with van der Waals surface area (Å²) in [6.07, 6.45) is 1.71. The Hall–Kier alpha value is -1.52. The minimum Gasteiger partial charge on any atom is -0.481 e. The molecule has 0 radical (unpaired) electrons. The van der Waals surface area contributed by atoms with Gasteiger partial charge in [-0.3, -0.25) is 4.79 Å². The molecule has 0 saturated carbocycles. The fourth-order valence-electron chi connectivity index (χ4n) is 1.01. The van der Waals surface area contributed by atoms with Crippen molar-refractivity contribution in [3.8, 4) is 0 Å². The van der Waals surface area contributed by atoms with E-state index in [9.17, 15) is 9.59 Å². The first kappa shape index (κ1) is 13.5. The van der Waals surface area contributed by atoms with Gasteiger partial charge in [-0.15, -0.1) is 0 Å². The lowest BCUT2D eigenvalue weighted by molar-refractivity contribution is -0.138. The van der Waals surface area contributed by atoms with Crippen LogP contribution < -0.4 is 5.32 Å². The van der Waals surface area contributed by atoms with Crippen molar-refractivity contribution in [1.82, 2.24) is 5.32 Å². The maximum absolute atomic E-state index is 10.9. The lowest BCUT2D eigenvalue weighted by Crippen LogP contribution is -2.26. The molecular weight excluding hydrogens is 198 g/mol. The molecule has 0 bridgehead atoms. The van der Waals surface area contributed by atoms with Crippen LogP contribution in [0.25, 0.3) is 0 Å². The zero-order chi connectivity index (χ0) is 11.7. The van der Waals surface area contributed by atoms with E-state index in [1.807, 2.05) is 6.92 Å². The maximum Gasteiger partial charge on any atom is 0.407 e. The number of nitrogens with one attached hydrogen (secondary N) is 1. The van der Waals surface area contributed by atoms with E-state index in [2.05, 4.69) is 16.6 Å². The fraction of sp³-hybridized carbons (Fsp3) is 0.600. The van der Waals surface area contributed by atoms with Gasteiger partial charge in [-0.2, -0.15) is 0 Å². The largest absolute Gasteiger partial charge is 0.481 e. The van der Waals surface area contributed by atoms with Gasteiger partial charge in [0.2, 0.25) is 0 Å². The Kier molecular flexibility index (Phi) is 7.05. The smallest absolute Gasteiger partial charge is 0.407 e. The zero-order valence-electron chi connectivity index (χ0n) is 8.86. The topological polar surface area (TPSA) is 75.6 Å². The Morgan fingerprint density at radius 2 is 2.27 bits per heavy atom. The van der Waals surface area contributed by atoms with E-state index in [-0.39, 0.29) is 18.9 Å². The molecule has 0 aromatic heterocycles. The molecule has 0 aliphatic heterocycles. The van der Waals surface area contributed by atoms with Crippen LogP contribution in [0.3, 0.4) is 0 Å². The van der Waals surface area contributed by atoms with Crippen LogP contribution >= 0.6 is 0 Å². The van der Waals surface area contributed by atoms with Gasteiger partial charge in [0.15, 0.2) is 0 Å². The van der Waals surface area contributed by atoms with Gasteiger partial charge >= 0.3 is 12.1 Å². The second-order valence-corrected chi connectivity index (χ2v) is 3.31. The molecule has 1 amide bonds. The third-order valence-corrected chi connectivity index (χ3v) is 1.76. The molecule has 0 heterocycles. The molecule has 0 fully saturated rings. The second-order valence-electron chi connectivity index (χ2n) is 3.31. The van der Waals surface area contributed by atoms with Gasteiger partial charge in [0, 0.05) is 13.0 Å². The number of ether oxygens (including phenoxy) is 1. The van der Waals surface area contributed by atoms with Crippen molar-refractivity contribution in [3.05, 3.63) is 12.7 Å². The highest BCUT2D eigenvalue weighted by atomic mass is 16.5. The minimum absolute atomic E-state index is 0.0437. The van der Waals surface area contributed by atoms with Crippen LogP contribution in [-0.4, -0.2) is 30.3 Å². The number of hydrogen-bond donors (Lipinski definition) is 2. The molecule has 1 unspecified atom stereocenters. The van der Waals surface area contributed by atoms with Crippen LogP contribution in [0, 0.1) is 5.92 Å². The van der Waals surface area contributed by atoms with Crippen molar-refractivity contribution in [3.63, 3.8) is 0 Å². The monoisotopic (exact) mass is 215 g/mol. The first-order valence-electron chi connectivity index (χ1n) is 4.79. The molecule has 86 valence electrons. The molecule has 15 heavy (non-hydrogen) atoms. The number of alkyl carbamates (subject to hydrolysis) is 1. The molecule has 0 aliphatic rings. The number of carboxylic acids is 1. The van der Waals surface area contributed by atoms with E-state index in [1.165, 1.54) is 6.08 Å². The standard InChI is InChI=1S/C10H17NO4/c1-3-6-15-10(14)11-5-4-8(2)7-9(12)13/h3,8H,1,4-7H2,2H3,(H,11,14)(H,12,13). The molecule has 0 aromatic rings. The molecule has 1 atom stereocenters. The summed E-state index contributed by atoms with van der Waals surface area (Å²) in [6.45, 7) is 5.83. The summed E-state index contributed by atoms with van der Waals surface area (Å²) >= 11 is 0. The molecule has 0 saturated heterocycles. The van der Waals surface area contributed by atoms with Gasteiger partial charge in [0.05, 0.1) is 0 Å².